The van der Waals surface area contributed by atoms with E-state index in [0.717, 1.165) is 10.9 Å². The molecule has 0 aliphatic heterocycles. The number of aromatic nitrogens is 1. The molecule has 0 saturated heterocycles. The summed E-state index contributed by atoms with van der Waals surface area (Å²) >= 11 is 0. The first-order valence-corrected chi connectivity index (χ1v) is 8.18. The minimum Gasteiger partial charge on any atom is -0.507 e. The Morgan fingerprint density at radius 1 is 1.15 bits per heavy atom. The van der Waals surface area contributed by atoms with Gasteiger partial charge in [0.25, 0.3) is 11.8 Å². The van der Waals surface area contributed by atoms with E-state index in [1.165, 1.54) is 18.2 Å². The highest BCUT2D eigenvalue weighted by Gasteiger charge is 2.11. The van der Waals surface area contributed by atoms with E-state index in [-0.39, 0.29) is 30.4 Å². The standard InChI is InChI=1S/C19H19N3O5/c1-26-12-3-5-15-11(8-12)9-16(22-15)19(25)21-6-7-27-13-2-4-14(18(20)24)17(23)10-13/h2-5,8-10,22-23H,6-7H2,1H3,(H2,20,24)(H,21,25). The number of nitrogens with one attached hydrogen (secondary N) is 2. The van der Waals surface area contributed by atoms with Gasteiger partial charge in [-0.15, -0.1) is 0 Å². The van der Waals surface area contributed by atoms with Crippen molar-refractivity contribution >= 4 is 22.7 Å². The predicted molar refractivity (Wildman–Crippen MR) is 99.3 cm³/mol. The van der Waals surface area contributed by atoms with Gasteiger partial charge < -0.3 is 30.6 Å². The summed E-state index contributed by atoms with van der Waals surface area (Å²) in [6, 6.07) is 11.4. The summed E-state index contributed by atoms with van der Waals surface area (Å²) in [6.45, 7) is 0.449. The first kappa shape index (κ1) is 18.1. The van der Waals surface area contributed by atoms with Gasteiger partial charge in [-0.25, -0.2) is 0 Å². The van der Waals surface area contributed by atoms with Crippen LogP contribution in [0, 0.1) is 0 Å². The number of nitrogens with two attached hydrogens (primary N) is 1. The Balaban J connectivity index is 1.54. The van der Waals surface area contributed by atoms with Crippen molar-refractivity contribution in [1.29, 1.82) is 0 Å². The fourth-order valence-corrected chi connectivity index (χ4v) is 2.60. The fourth-order valence-electron chi connectivity index (χ4n) is 2.60. The van der Waals surface area contributed by atoms with Crippen molar-refractivity contribution in [2.75, 3.05) is 20.3 Å². The van der Waals surface area contributed by atoms with Crippen LogP contribution in [0.25, 0.3) is 10.9 Å². The molecule has 3 rings (SSSR count). The molecule has 8 heteroatoms. The van der Waals surface area contributed by atoms with Crippen LogP contribution < -0.4 is 20.5 Å². The van der Waals surface area contributed by atoms with Gasteiger partial charge in [0.15, 0.2) is 0 Å². The molecule has 0 aliphatic rings. The number of primary amides is 1. The zero-order valence-corrected chi connectivity index (χ0v) is 14.6. The van der Waals surface area contributed by atoms with Crippen molar-refractivity contribution in [2.24, 2.45) is 5.73 Å². The molecule has 0 radical (unpaired) electrons. The minimum absolute atomic E-state index is 0.0195. The maximum absolute atomic E-state index is 12.2. The third-order valence-corrected chi connectivity index (χ3v) is 3.96. The van der Waals surface area contributed by atoms with Gasteiger partial charge in [0.1, 0.15) is 29.5 Å². The number of phenols is 1. The van der Waals surface area contributed by atoms with Crippen LogP contribution in [0.2, 0.25) is 0 Å². The highest BCUT2D eigenvalue weighted by molar-refractivity contribution is 5.98. The molecule has 3 aromatic rings. The fraction of sp³-hybridized carbons (Fsp3) is 0.158. The van der Waals surface area contributed by atoms with Crippen LogP contribution in [-0.4, -0.2) is 42.2 Å². The smallest absolute Gasteiger partial charge is 0.267 e. The molecule has 0 bridgehead atoms. The number of methoxy groups -OCH3 is 1. The number of fused-ring (bicyclic) bond motifs is 1. The monoisotopic (exact) mass is 369 g/mol. The molecule has 0 aliphatic carbocycles. The van der Waals surface area contributed by atoms with E-state index in [0.29, 0.717) is 17.2 Å². The maximum atomic E-state index is 12.2. The average Bonchev–Trinajstić information content (AvgIpc) is 3.08. The number of aromatic hydroxyl groups is 1. The Bertz CT molecular complexity index is 996. The molecular formula is C19H19N3O5. The first-order chi connectivity index (χ1) is 13.0. The van der Waals surface area contributed by atoms with Gasteiger partial charge in [-0.05, 0) is 36.4 Å². The van der Waals surface area contributed by atoms with Crippen LogP contribution in [0.1, 0.15) is 20.8 Å². The van der Waals surface area contributed by atoms with E-state index >= 15 is 0 Å². The van der Waals surface area contributed by atoms with Crippen molar-refractivity contribution in [3.63, 3.8) is 0 Å². The van der Waals surface area contributed by atoms with Crippen LogP contribution in [0.4, 0.5) is 0 Å². The normalized spacial score (nSPS) is 10.6. The number of ether oxygens (including phenoxy) is 2. The van der Waals surface area contributed by atoms with E-state index in [1.54, 1.807) is 13.2 Å². The van der Waals surface area contributed by atoms with E-state index < -0.39 is 5.91 Å². The number of amides is 2. The topological polar surface area (TPSA) is 127 Å². The van der Waals surface area contributed by atoms with Crippen molar-refractivity contribution < 1.29 is 24.2 Å². The number of benzene rings is 2. The van der Waals surface area contributed by atoms with Crippen LogP contribution in [-0.2, 0) is 0 Å². The molecule has 8 nitrogen and oxygen atoms in total. The van der Waals surface area contributed by atoms with Gasteiger partial charge in [0.2, 0.25) is 0 Å². The molecule has 0 fully saturated rings. The van der Waals surface area contributed by atoms with Crippen molar-refractivity contribution in [3.8, 4) is 17.2 Å². The lowest BCUT2D eigenvalue weighted by Gasteiger charge is -2.08. The maximum Gasteiger partial charge on any atom is 0.267 e. The van der Waals surface area contributed by atoms with Crippen LogP contribution in [0.5, 0.6) is 17.2 Å². The van der Waals surface area contributed by atoms with Crippen molar-refractivity contribution in [2.45, 2.75) is 0 Å². The zero-order valence-electron chi connectivity index (χ0n) is 14.6. The molecule has 1 heterocycles. The number of H-pyrrole nitrogens is 1. The predicted octanol–water partition coefficient (Wildman–Crippen LogP) is 1.79. The average molecular weight is 369 g/mol. The molecule has 2 amide bonds. The molecule has 2 aromatic carbocycles. The number of carbonyl (C=O) groups excluding carboxylic acids is 2. The van der Waals surface area contributed by atoms with Gasteiger partial charge in [-0.3, -0.25) is 9.59 Å². The second-order valence-electron chi connectivity index (χ2n) is 5.78. The lowest BCUT2D eigenvalue weighted by molar-refractivity contribution is 0.0941. The Morgan fingerprint density at radius 3 is 2.63 bits per heavy atom. The summed E-state index contributed by atoms with van der Waals surface area (Å²) in [4.78, 5) is 26.3. The van der Waals surface area contributed by atoms with E-state index in [4.69, 9.17) is 15.2 Å². The Kier molecular flexibility index (Phi) is 5.16. The molecule has 27 heavy (non-hydrogen) atoms. The van der Waals surface area contributed by atoms with Gasteiger partial charge in [0.05, 0.1) is 19.2 Å². The minimum atomic E-state index is -0.720. The highest BCUT2D eigenvalue weighted by atomic mass is 16.5. The van der Waals surface area contributed by atoms with Gasteiger partial charge in [-0.1, -0.05) is 0 Å². The first-order valence-electron chi connectivity index (χ1n) is 8.18. The summed E-state index contributed by atoms with van der Waals surface area (Å²) in [5.74, 6) is -0.155. The van der Waals surface area contributed by atoms with Crippen LogP contribution in [0.15, 0.2) is 42.5 Å². The number of hydrogen-bond acceptors (Lipinski definition) is 5. The number of carbonyl (C=O) groups is 2. The highest BCUT2D eigenvalue weighted by Crippen LogP contribution is 2.23. The lowest BCUT2D eigenvalue weighted by atomic mass is 10.2. The Hall–Kier alpha value is -3.68. The molecule has 0 atom stereocenters. The third kappa shape index (κ3) is 4.12. The van der Waals surface area contributed by atoms with Crippen molar-refractivity contribution in [3.05, 3.63) is 53.7 Å². The summed E-state index contributed by atoms with van der Waals surface area (Å²) < 4.78 is 10.6. The molecule has 0 spiro atoms. The molecule has 140 valence electrons. The van der Waals surface area contributed by atoms with Gasteiger partial charge in [0, 0.05) is 17.0 Å². The number of hydrogen-bond donors (Lipinski definition) is 4. The SMILES string of the molecule is COc1ccc2[nH]c(C(=O)NCCOc3ccc(C(N)=O)c(O)c3)cc2c1. The van der Waals surface area contributed by atoms with Crippen molar-refractivity contribution in [1.82, 2.24) is 10.3 Å². The molecule has 1 aromatic heterocycles. The number of aromatic amines is 1. The second kappa shape index (κ2) is 7.69. The van der Waals surface area contributed by atoms with E-state index in [1.807, 2.05) is 18.2 Å². The largest absolute Gasteiger partial charge is 0.507 e. The summed E-state index contributed by atoms with van der Waals surface area (Å²) in [5.41, 5.74) is 6.41. The van der Waals surface area contributed by atoms with Crippen LogP contribution in [0.3, 0.4) is 0 Å². The zero-order chi connectivity index (χ0) is 19.4. The third-order valence-electron chi connectivity index (χ3n) is 3.96. The van der Waals surface area contributed by atoms with Gasteiger partial charge in [-0.2, -0.15) is 0 Å². The quantitative estimate of drug-likeness (QED) is 0.472. The Labute approximate surface area is 154 Å². The summed E-state index contributed by atoms with van der Waals surface area (Å²) in [7, 11) is 1.59. The van der Waals surface area contributed by atoms with Crippen LogP contribution >= 0.6 is 0 Å². The summed E-state index contributed by atoms with van der Waals surface area (Å²) in [6.07, 6.45) is 0. The molecule has 5 N–H and O–H groups in total. The molecular weight excluding hydrogens is 350 g/mol. The lowest BCUT2D eigenvalue weighted by Crippen LogP contribution is -2.28. The molecule has 0 unspecified atom stereocenters. The van der Waals surface area contributed by atoms with E-state index in [9.17, 15) is 14.7 Å². The van der Waals surface area contributed by atoms with E-state index in [2.05, 4.69) is 10.3 Å². The van der Waals surface area contributed by atoms with Gasteiger partial charge >= 0.3 is 0 Å². The number of rotatable bonds is 7. The molecule has 0 saturated carbocycles. The Morgan fingerprint density at radius 2 is 1.93 bits per heavy atom. The second-order valence-corrected chi connectivity index (χ2v) is 5.78. The summed E-state index contributed by atoms with van der Waals surface area (Å²) in [5, 5.41) is 13.3.